The van der Waals surface area contributed by atoms with Crippen molar-refractivity contribution in [2.75, 3.05) is 6.61 Å². The number of fused-ring (bicyclic) bond motifs is 1. The fourth-order valence-electron chi connectivity index (χ4n) is 3.61. The highest BCUT2D eigenvalue weighted by atomic mass is 19.2. The van der Waals surface area contributed by atoms with Crippen LogP contribution in [-0.2, 0) is 0 Å². The van der Waals surface area contributed by atoms with Gasteiger partial charge in [-0.05, 0) is 48.2 Å². The summed E-state index contributed by atoms with van der Waals surface area (Å²) in [6.07, 6.45) is 2.75. The molecule has 1 nitrogen and oxygen atoms in total. The van der Waals surface area contributed by atoms with Crippen molar-refractivity contribution >= 4 is 10.8 Å². The summed E-state index contributed by atoms with van der Waals surface area (Å²) in [5.74, 6) is 6.30. The fourth-order valence-corrected chi connectivity index (χ4v) is 3.61. The predicted octanol–water partition coefficient (Wildman–Crippen LogP) is 7.90. The molecule has 0 bridgehead atoms. The number of ether oxygens (including phenoxy) is 1. The van der Waals surface area contributed by atoms with E-state index in [2.05, 4.69) is 23.7 Å². The number of benzene rings is 4. The van der Waals surface area contributed by atoms with E-state index in [0.717, 1.165) is 43.5 Å². The number of rotatable bonds is 5. The quantitative estimate of drug-likeness (QED) is 0.153. The number of halogens is 5. The molecule has 6 heteroatoms. The number of hydrogen-bond donors (Lipinski definition) is 0. The molecule has 0 saturated heterocycles. The zero-order valence-corrected chi connectivity index (χ0v) is 19.9. The van der Waals surface area contributed by atoms with E-state index in [4.69, 9.17) is 4.74 Å². The molecule has 0 aliphatic heterocycles. The first-order valence-electron chi connectivity index (χ1n) is 11.7. The molecule has 0 spiro atoms. The van der Waals surface area contributed by atoms with E-state index < -0.39 is 34.6 Å². The second-order valence-electron chi connectivity index (χ2n) is 8.31. The van der Waals surface area contributed by atoms with E-state index in [1.54, 1.807) is 6.07 Å². The van der Waals surface area contributed by atoms with Crippen LogP contribution in [0.5, 0.6) is 5.75 Å². The van der Waals surface area contributed by atoms with E-state index in [9.17, 15) is 22.0 Å². The van der Waals surface area contributed by atoms with Gasteiger partial charge in [-0.15, -0.1) is 0 Å². The van der Waals surface area contributed by atoms with Crippen LogP contribution in [0.3, 0.4) is 0 Å². The molecule has 0 heterocycles. The summed E-state index contributed by atoms with van der Waals surface area (Å²) in [5.41, 5.74) is 0.353. The van der Waals surface area contributed by atoms with Gasteiger partial charge in [-0.1, -0.05) is 55.6 Å². The molecule has 0 amide bonds. The van der Waals surface area contributed by atoms with Crippen LogP contribution < -0.4 is 4.74 Å². The fraction of sp³-hybridized carbons (Fsp3) is 0.161. The number of unbranched alkanes of at least 4 members (excludes halogenated alkanes) is 2. The summed E-state index contributed by atoms with van der Waals surface area (Å²) in [5, 5.41) is 0.592. The van der Waals surface area contributed by atoms with E-state index >= 15 is 0 Å². The molecule has 0 radical (unpaired) electrons. The lowest BCUT2D eigenvalue weighted by Crippen LogP contribution is -2.00. The van der Waals surface area contributed by atoms with Crippen LogP contribution in [0, 0.1) is 52.8 Å². The van der Waals surface area contributed by atoms with E-state index in [1.807, 2.05) is 6.92 Å². The first-order valence-corrected chi connectivity index (χ1v) is 11.7. The lowest BCUT2D eigenvalue weighted by molar-refractivity contribution is 0.303. The monoisotopic (exact) mass is 504 g/mol. The molecule has 4 rings (SSSR count). The molecule has 0 fully saturated rings. The Morgan fingerprint density at radius 3 is 2.08 bits per heavy atom. The third kappa shape index (κ3) is 6.29. The Balaban J connectivity index is 1.50. The Bertz CT molecular complexity index is 1560. The van der Waals surface area contributed by atoms with Crippen molar-refractivity contribution in [2.24, 2.45) is 0 Å². The molecule has 0 aliphatic carbocycles. The molecule has 4 aromatic carbocycles. The zero-order valence-electron chi connectivity index (χ0n) is 19.9. The van der Waals surface area contributed by atoms with Crippen LogP contribution in [0.4, 0.5) is 22.0 Å². The molecule has 4 aromatic rings. The van der Waals surface area contributed by atoms with Crippen LogP contribution in [0.25, 0.3) is 10.8 Å². The summed E-state index contributed by atoms with van der Waals surface area (Å²) in [6, 6.07) is 13.1. The van der Waals surface area contributed by atoms with Gasteiger partial charge < -0.3 is 4.74 Å². The minimum Gasteiger partial charge on any atom is -0.493 e. The van der Waals surface area contributed by atoms with Crippen molar-refractivity contribution in [3.63, 3.8) is 0 Å². The molecule has 0 saturated carbocycles. The van der Waals surface area contributed by atoms with Gasteiger partial charge in [-0.2, -0.15) is 0 Å². The third-order valence-corrected chi connectivity index (χ3v) is 5.58. The van der Waals surface area contributed by atoms with Crippen LogP contribution in [0.2, 0.25) is 0 Å². The maximum Gasteiger partial charge on any atom is 0.166 e. The van der Waals surface area contributed by atoms with Gasteiger partial charge in [0, 0.05) is 28.6 Å². The van der Waals surface area contributed by atoms with Gasteiger partial charge in [0.25, 0.3) is 0 Å². The molecular formula is C31H21F5O. The first-order chi connectivity index (χ1) is 17.9. The second kappa shape index (κ2) is 11.6. The van der Waals surface area contributed by atoms with Crippen LogP contribution in [-0.4, -0.2) is 6.61 Å². The van der Waals surface area contributed by atoms with Gasteiger partial charge >= 0.3 is 0 Å². The molecule has 186 valence electrons. The average molecular weight is 504 g/mol. The summed E-state index contributed by atoms with van der Waals surface area (Å²) in [4.78, 5) is 0. The standard InChI is InChI=1S/C31H21F5O/c1-2-3-4-15-37-24-18-29(34)26(30(35)19-24)13-8-21-6-10-22(28(33)17-21)9-5-20-7-12-25-23(16-20)11-14-27(32)31(25)36/h6-7,10-12,14,16-19H,2-4,15H2,1H3. The predicted molar refractivity (Wildman–Crippen MR) is 134 cm³/mol. The Morgan fingerprint density at radius 2 is 1.35 bits per heavy atom. The van der Waals surface area contributed by atoms with Gasteiger partial charge in [0.05, 0.1) is 17.7 Å². The Hall–Kier alpha value is -4.29. The van der Waals surface area contributed by atoms with Crippen molar-refractivity contribution in [3.8, 4) is 29.4 Å². The van der Waals surface area contributed by atoms with Crippen molar-refractivity contribution in [3.05, 3.63) is 112 Å². The van der Waals surface area contributed by atoms with Gasteiger partial charge in [0.1, 0.15) is 23.2 Å². The highest BCUT2D eigenvalue weighted by Crippen LogP contribution is 2.22. The molecule has 0 aliphatic rings. The first kappa shape index (κ1) is 25.8. The van der Waals surface area contributed by atoms with Crippen LogP contribution in [0.15, 0.2) is 60.7 Å². The summed E-state index contributed by atoms with van der Waals surface area (Å²) < 4.78 is 75.9. The van der Waals surface area contributed by atoms with Crippen molar-refractivity contribution in [1.82, 2.24) is 0 Å². The van der Waals surface area contributed by atoms with E-state index in [0.29, 0.717) is 17.6 Å². The van der Waals surface area contributed by atoms with Crippen molar-refractivity contribution in [1.29, 1.82) is 0 Å². The molecular weight excluding hydrogens is 483 g/mol. The molecule has 0 aromatic heterocycles. The molecule has 0 unspecified atom stereocenters. The minimum absolute atomic E-state index is 0.0814. The lowest BCUT2D eigenvalue weighted by Gasteiger charge is -2.07. The van der Waals surface area contributed by atoms with Crippen molar-refractivity contribution < 1.29 is 26.7 Å². The van der Waals surface area contributed by atoms with Gasteiger partial charge in [0.15, 0.2) is 11.6 Å². The molecule has 0 atom stereocenters. The average Bonchev–Trinajstić information content (AvgIpc) is 2.88. The van der Waals surface area contributed by atoms with Crippen molar-refractivity contribution in [2.45, 2.75) is 26.2 Å². The van der Waals surface area contributed by atoms with Crippen LogP contribution >= 0.6 is 0 Å². The highest BCUT2D eigenvalue weighted by molar-refractivity contribution is 5.84. The summed E-state index contributed by atoms with van der Waals surface area (Å²) in [7, 11) is 0. The molecule has 0 N–H and O–H groups in total. The van der Waals surface area contributed by atoms with Gasteiger partial charge in [-0.25, -0.2) is 22.0 Å². The third-order valence-electron chi connectivity index (χ3n) is 5.58. The second-order valence-corrected chi connectivity index (χ2v) is 8.31. The Morgan fingerprint density at radius 1 is 0.649 bits per heavy atom. The Labute approximate surface area is 211 Å². The zero-order chi connectivity index (χ0) is 26.4. The highest BCUT2D eigenvalue weighted by Gasteiger charge is 2.11. The van der Waals surface area contributed by atoms with Gasteiger partial charge in [0.2, 0.25) is 0 Å². The van der Waals surface area contributed by atoms with E-state index in [1.165, 1.54) is 30.3 Å². The minimum atomic E-state index is -0.939. The SMILES string of the molecule is CCCCCOc1cc(F)c(C#Cc2ccc(C#Cc3ccc4c(F)c(F)ccc4c3)c(F)c2)c(F)c1. The molecule has 37 heavy (non-hydrogen) atoms. The summed E-state index contributed by atoms with van der Waals surface area (Å²) in [6.45, 7) is 2.41. The smallest absolute Gasteiger partial charge is 0.166 e. The maximum absolute atomic E-state index is 14.6. The lowest BCUT2D eigenvalue weighted by atomic mass is 10.1. The van der Waals surface area contributed by atoms with Crippen LogP contribution in [0.1, 0.15) is 48.4 Å². The number of hydrogen-bond acceptors (Lipinski definition) is 1. The topological polar surface area (TPSA) is 9.23 Å². The van der Waals surface area contributed by atoms with Gasteiger partial charge in [-0.3, -0.25) is 0 Å². The largest absolute Gasteiger partial charge is 0.493 e. The Kier molecular flexibility index (Phi) is 8.11. The maximum atomic E-state index is 14.6. The van der Waals surface area contributed by atoms with E-state index in [-0.39, 0.29) is 22.3 Å². The normalized spacial score (nSPS) is 10.4. The summed E-state index contributed by atoms with van der Waals surface area (Å²) >= 11 is 0.